The SMILES string of the molecule is COCCCc1ccccc1-c1ccc([C@@H]2CNCC[C@H]2c2cc(F)cc(F)c2)c(C)c1. The highest BCUT2D eigenvalue weighted by Gasteiger charge is 2.29. The minimum Gasteiger partial charge on any atom is -0.385 e. The molecule has 3 aromatic carbocycles. The molecule has 3 aromatic rings. The number of rotatable bonds is 7. The first-order valence-electron chi connectivity index (χ1n) is 11.4. The topological polar surface area (TPSA) is 21.3 Å². The van der Waals surface area contributed by atoms with Crippen molar-refractivity contribution in [3.63, 3.8) is 0 Å². The van der Waals surface area contributed by atoms with E-state index in [1.165, 1.54) is 39.9 Å². The first kappa shape index (κ1) is 22.6. The Kier molecular flexibility index (Phi) is 7.33. The van der Waals surface area contributed by atoms with Gasteiger partial charge in [-0.25, -0.2) is 8.78 Å². The van der Waals surface area contributed by atoms with Crippen LogP contribution in [0.3, 0.4) is 0 Å². The van der Waals surface area contributed by atoms with E-state index in [1.807, 2.05) is 0 Å². The van der Waals surface area contributed by atoms with Gasteiger partial charge in [0.25, 0.3) is 0 Å². The molecule has 1 fully saturated rings. The van der Waals surface area contributed by atoms with Crippen LogP contribution in [0.25, 0.3) is 11.1 Å². The molecular formula is C28H31F2NO. The molecule has 0 spiro atoms. The molecule has 1 aliphatic heterocycles. The van der Waals surface area contributed by atoms with E-state index in [9.17, 15) is 8.78 Å². The number of aryl methyl sites for hydroxylation is 2. The number of benzene rings is 3. The van der Waals surface area contributed by atoms with E-state index < -0.39 is 11.6 Å². The lowest BCUT2D eigenvalue weighted by molar-refractivity contribution is 0.195. The van der Waals surface area contributed by atoms with Crippen LogP contribution in [0.2, 0.25) is 0 Å². The summed E-state index contributed by atoms with van der Waals surface area (Å²) in [6.07, 6.45) is 2.83. The van der Waals surface area contributed by atoms with Crippen LogP contribution < -0.4 is 5.32 Å². The Bertz CT molecular complexity index is 1040. The molecule has 0 amide bonds. The van der Waals surface area contributed by atoms with Crippen molar-refractivity contribution in [3.8, 4) is 11.1 Å². The van der Waals surface area contributed by atoms with Gasteiger partial charge in [0.2, 0.25) is 0 Å². The lowest BCUT2D eigenvalue weighted by Gasteiger charge is -2.34. The van der Waals surface area contributed by atoms with Crippen molar-refractivity contribution in [2.24, 2.45) is 0 Å². The lowest BCUT2D eigenvalue weighted by atomic mass is 9.75. The van der Waals surface area contributed by atoms with Crippen molar-refractivity contribution in [2.45, 2.75) is 38.0 Å². The van der Waals surface area contributed by atoms with Crippen molar-refractivity contribution in [3.05, 3.63) is 94.6 Å². The molecule has 32 heavy (non-hydrogen) atoms. The first-order chi connectivity index (χ1) is 15.6. The van der Waals surface area contributed by atoms with Gasteiger partial charge in [0.05, 0.1) is 0 Å². The van der Waals surface area contributed by atoms with Gasteiger partial charge in [-0.2, -0.15) is 0 Å². The third kappa shape index (κ3) is 5.08. The quantitative estimate of drug-likeness (QED) is 0.435. The van der Waals surface area contributed by atoms with Crippen molar-refractivity contribution in [2.75, 3.05) is 26.8 Å². The molecule has 0 radical (unpaired) electrons. The molecule has 0 aliphatic carbocycles. The van der Waals surface area contributed by atoms with E-state index in [2.05, 4.69) is 54.7 Å². The van der Waals surface area contributed by atoms with Crippen LogP contribution in [0, 0.1) is 18.6 Å². The molecule has 1 heterocycles. The lowest BCUT2D eigenvalue weighted by Crippen LogP contribution is -2.34. The normalized spacial score (nSPS) is 18.6. The number of piperidine rings is 1. The van der Waals surface area contributed by atoms with Crippen LogP contribution in [0.15, 0.2) is 60.7 Å². The molecule has 2 nitrogen and oxygen atoms in total. The highest BCUT2D eigenvalue weighted by atomic mass is 19.1. The highest BCUT2D eigenvalue weighted by Crippen LogP contribution is 2.40. The smallest absolute Gasteiger partial charge is 0.126 e. The predicted octanol–water partition coefficient (Wildman–Crippen LogP) is 6.38. The van der Waals surface area contributed by atoms with E-state index in [4.69, 9.17) is 4.74 Å². The van der Waals surface area contributed by atoms with Crippen LogP contribution in [-0.4, -0.2) is 26.8 Å². The Balaban J connectivity index is 1.64. The number of hydrogen-bond acceptors (Lipinski definition) is 2. The minimum atomic E-state index is -0.505. The second-order valence-corrected chi connectivity index (χ2v) is 8.73. The Morgan fingerprint density at radius 3 is 2.50 bits per heavy atom. The fraction of sp³-hybridized carbons (Fsp3) is 0.357. The molecule has 1 N–H and O–H groups in total. The zero-order chi connectivity index (χ0) is 22.5. The van der Waals surface area contributed by atoms with Crippen LogP contribution in [0.4, 0.5) is 8.78 Å². The summed E-state index contributed by atoms with van der Waals surface area (Å²) in [4.78, 5) is 0. The van der Waals surface area contributed by atoms with E-state index in [0.29, 0.717) is 0 Å². The number of halogens is 2. The summed E-state index contributed by atoms with van der Waals surface area (Å²) in [7, 11) is 1.74. The molecule has 1 aliphatic rings. The molecule has 0 bridgehead atoms. The van der Waals surface area contributed by atoms with Crippen LogP contribution in [0.1, 0.15) is 46.9 Å². The highest BCUT2D eigenvalue weighted by molar-refractivity contribution is 5.68. The maximum absolute atomic E-state index is 13.9. The molecule has 2 atom stereocenters. The van der Waals surface area contributed by atoms with Crippen molar-refractivity contribution in [1.29, 1.82) is 0 Å². The van der Waals surface area contributed by atoms with Crippen molar-refractivity contribution in [1.82, 2.24) is 5.32 Å². The summed E-state index contributed by atoms with van der Waals surface area (Å²) in [5, 5.41) is 3.47. The Morgan fingerprint density at radius 1 is 0.969 bits per heavy atom. The number of hydrogen-bond donors (Lipinski definition) is 1. The number of methoxy groups -OCH3 is 1. The predicted molar refractivity (Wildman–Crippen MR) is 126 cm³/mol. The van der Waals surface area contributed by atoms with Gasteiger partial charge >= 0.3 is 0 Å². The number of ether oxygens (including phenoxy) is 1. The molecule has 1 saturated heterocycles. The van der Waals surface area contributed by atoms with Gasteiger partial charge in [-0.3, -0.25) is 0 Å². The molecule has 0 saturated carbocycles. The summed E-state index contributed by atoms with van der Waals surface area (Å²) in [6, 6.07) is 19.1. The second kappa shape index (κ2) is 10.4. The van der Waals surface area contributed by atoms with Gasteiger partial charge in [0, 0.05) is 32.2 Å². The summed E-state index contributed by atoms with van der Waals surface area (Å²) in [5.74, 6) is -0.743. The first-order valence-corrected chi connectivity index (χ1v) is 11.4. The largest absolute Gasteiger partial charge is 0.385 e. The average Bonchev–Trinajstić information content (AvgIpc) is 2.79. The average molecular weight is 436 g/mol. The summed E-state index contributed by atoms with van der Waals surface area (Å²) in [5.41, 5.74) is 6.99. The third-order valence-electron chi connectivity index (χ3n) is 6.59. The van der Waals surface area contributed by atoms with Crippen LogP contribution in [0.5, 0.6) is 0 Å². The fourth-order valence-electron chi connectivity index (χ4n) is 5.06. The van der Waals surface area contributed by atoms with E-state index in [1.54, 1.807) is 7.11 Å². The monoisotopic (exact) mass is 435 g/mol. The Morgan fingerprint density at radius 2 is 1.75 bits per heavy atom. The minimum absolute atomic E-state index is 0.0901. The molecule has 4 heteroatoms. The van der Waals surface area contributed by atoms with E-state index in [0.717, 1.165) is 50.6 Å². The summed E-state index contributed by atoms with van der Waals surface area (Å²) in [6.45, 7) is 4.55. The molecule has 0 aromatic heterocycles. The molecule has 4 rings (SSSR count). The van der Waals surface area contributed by atoms with E-state index >= 15 is 0 Å². The van der Waals surface area contributed by atoms with Gasteiger partial charge in [-0.05, 0) is 84.2 Å². The summed E-state index contributed by atoms with van der Waals surface area (Å²) < 4.78 is 33.1. The standard InChI is InChI=1S/C28H31F2NO/c1-19-14-21(26-8-4-3-6-20(26)7-5-13-32-2)9-10-25(19)28-18-31-12-11-27(28)22-15-23(29)17-24(30)16-22/h3-4,6,8-10,14-17,27-28,31H,5,7,11-13,18H2,1-2H3/t27-,28-/m0/s1. The molecule has 168 valence electrons. The zero-order valence-corrected chi connectivity index (χ0v) is 18.8. The molecular weight excluding hydrogens is 404 g/mol. The van der Waals surface area contributed by atoms with Crippen LogP contribution in [-0.2, 0) is 11.2 Å². The Labute approximate surface area is 189 Å². The summed E-state index contributed by atoms with van der Waals surface area (Å²) >= 11 is 0. The second-order valence-electron chi connectivity index (χ2n) is 8.73. The maximum atomic E-state index is 13.9. The van der Waals surface area contributed by atoms with Crippen LogP contribution >= 0.6 is 0 Å². The van der Waals surface area contributed by atoms with Gasteiger partial charge in [0.1, 0.15) is 11.6 Å². The fourth-order valence-corrected chi connectivity index (χ4v) is 5.06. The van der Waals surface area contributed by atoms with Gasteiger partial charge < -0.3 is 10.1 Å². The van der Waals surface area contributed by atoms with Gasteiger partial charge in [-0.1, -0.05) is 42.5 Å². The van der Waals surface area contributed by atoms with E-state index in [-0.39, 0.29) is 11.8 Å². The maximum Gasteiger partial charge on any atom is 0.126 e. The van der Waals surface area contributed by atoms with Gasteiger partial charge in [0.15, 0.2) is 0 Å². The molecule has 0 unspecified atom stereocenters. The van der Waals surface area contributed by atoms with Gasteiger partial charge in [-0.15, -0.1) is 0 Å². The third-order valence-corrected chi connectivity index (χ3v) is 6.59. The van der Waals surface area contributed by atoms with Crippen molar-refractivity contribution >= 4 is 0 Å². The Hall–Kier alpha value is -2.56. The zero-order valence-electron chi connectivity index (χ0n) is 18.8. The number of nitrogens with one attached hydrogen (secondary N) is 1. The van der Waals surface area contributed by atoms with Crippen molar-refractivity contribution < 1.29 is 13.5 Å².